The molecule has 3 fully saturated rings. The summed E-state index contributed by atoms with van der Waals surface area (Å²) in [6.45, 7) is 13.1. The van der Waals surface area contributed by atoms with Gasteiger partial charge < -0.3 is 34.3 Å². The van der Waals surface area contributed by atoms with Gasteiger partial charge in [0.25, 0.3) is 18.0 Å². The van der Waals surface area contributed by atoms with Crippen molar-refractivity contribution in [3.05, 3.63) is 0 Å². The van der Waals surface area contributed by atoms with E-state index in [0.29, 0.717) is 0 Å². The fourth-order valence-electron chi connectivity index (χ4n) is 3.99. The number of hydrogen-bond acceptors (Lipinski definition) is 8. The van der Waals surface area contributed by atoms with Crippen LogP contribution in [-0.4, -0.2) is 73.7 Å². The molecule has 3 aliphatic heterocycles. The van der Waals surface area contributed by atoms with Gasteiger partial charge in [-0.1, -0.05) is 27.7 Å². The summed E-state index contributed by atoms with van der Waals surface area (Å²) in [7, 11) is 0. The number of carbonyl (C=O) groups is 3. The highest BCUT2D eigenvalue weighted by Crippen LogP contribution is 2.42. The highest BCUT2D eigenvalue weighted by Gasteiger charge is 2.56. The van der Waals surface area contributed by atoms with E-state index < -0.39 is 65.2 Å². The second kappa shape index (κ2) is 10.7. The Hall–Kier alpha value is -2.12. The first-order valence-electron chi connectivity index (χ1n) is 11.8. The van der Waals surface area contributed by atoms with Gasteiger partial charge in [0.05, 0.1) is 25.2 Å². The first-order valence-corrected chi connectivity index (χ1v) is 11.8. The lowest BCUT2D eigenvalue weighted by Crippen LogP contribution is -2.68. The highest BCUT2D eigenvalue weighted by molar-refractivity contribution is 5.87. The van der Waals surface area contributed by atoms with Crippen molar-refractivity contribution in [1.82, 2.24) is 10.6 Å². The Morgan fingerprint density at radius 3 is 1.78 bits per heavy atom. The van der Waals surface area contributed by atoms with Crippen molar-refractivity contribution in [3.63, 3.8) is 0 Å². The van der Waals surface area contributed by atoms with E-state index in [9.17, 15) is 27.6 Å². The Balaban J connectivity index is 2.19. The van der Waals surface area contributed by atoms with Gasteiger partial charge in [-0.15, -0.1) is 0 Å². The molecule has 3 atom stereocenters. The number of esters is 1. The summed E-state index contributed by atoms with van der Waals surface area (Å²) in [6, 6.07) is -2.33. The molecule has 2 N–H and O–H groups in total. The van der Waals surface area contributed by atoms with Gasteiger partial charge in [-0.05, 0) is 32.6 Å². The quantitative estimate of drug-likeness (QED) is 0.463. The van der Waals surface area contributed by atoms with Crippen LogP contribution in [0.3, 0.4) is 0 Å². The van der Waals surface area contributed by atoms with Crippen LogP contribution < -0.4 is 10.6 Å². The Kier molecular flexibility index (Phi) is 8.95. The Morgan fingerprint density at radius 2 is 1.39 bits per heavy atom. The molecule has 0 aromatic heterocycles. The molecule has 0 aliphatic carbocycles. The van der Waals surface area contributed by atoms with E-state index in [1.165, 1.54) is 13.8 Å². The zero-order valence-electron chi connectivity index (χ0n) is 21.9. The number of hydrogen-bond donors (Lipinski definition) is 2. The van der Waals surface area contributed by atoms with Crippen LogP contribution in [-0.2, 0) is 33.3 Å². The molecular weight excluding hydrogens is 489 g/mol. The van der Waals surface area contributed by atoms with Gasteiger partial charge >= 0.3 is 18.2 Å². The second-order valence-corrected chi connectivity index (χ2v) is 11.0. The summed E-state index contributed by atoms with van der Waals surface area (Å²) < 4.78 is 68.0. The van der Waals surface area contributed by atoms with Crippen LogP contribution in [0.5, 0.6) is 0 Å². The van der Waals surface area contributed by atoms with Crippen molar-refractivity contribution in [2.75, 3.05) is 19.8 Å². The molecule has 2 bridgehead atoms. The van der Waals surface area contributed by atoms with Crippen molar-refractivity contribution in [2.24, 2.45) is 17.3 Å². The molecule has 208 valence electrons. The third-order valence-corrected chi connectivity index (χ3v) is 5.85. The molecule has 3 saturated heterocycles. The zero-order chi connectivity index (χ0) is 27.7. The summed E-state index contributed by atoms with van der Waals surface area (Å²) in [4.78, 5) is 37.7. The minimum atomic E-state index is -5.21. The average molecular weight is 527 g/mol. The van der Waals surface area contributed by atoms with E-state index in [-0.39, 0.29) is 25.7 Å². The van der Waals surface area contributed by atoms with Gasteiger partial charge in [-0.25, -0.2) is 9.59 Å². The van der Waals surface area contributed by atoms with Crippen LogP contribution in [0.1, 0.15) is 55.4 Å². The lowest BCUT2D eigenvalue weighted by Gasteiger charge is -2.54. The summed E-state index contributed by atoms with van der Waals surface area (Å²) in [5.41, 5.74) is -1.83. The van der Waals surface area contributed by atoms with Crippen molar-refractivity contribution in [2.45, 2.75) is 91.3 Å². The number of alkyl halides is 3. The fourth-order valence-corrected chi connectivity index (χ4v) is 3.99. The average Bonchev–Trinajstić information content (AvgIpc) is 2.72. The summed E-state index contributed by atoms with van der Waals surface area (Å²) in [6.07, 6.45) is -9.33. The van der Waals surface area contributed by atoms with Crippen LogP contribution in [0.15, 0.2) is 0 Å². The normalized spacial score (nSPS) is 26.8. The van der Waals surface area contributed by atoms with E-state index in [4.69, 9.17) is 18.9 Å². The maximum absolute atomic E-state index is 13.9. The fraction of sp³-hybridized carbons (Fsp3) is 0.870. The van der Waals surface area contributed by atoms with Crippen LogP contribution in [0.4, 0.5) is 18.0 Å². The monoisotopic (exact) mass is 526 g/mol. The first kappa shape index (κ1) is 30.1. The molecule has 3 aliphatic rings. The van der Waals surface area contributed by atoms with Gasteiger partial charge in [-0.2, -0.15) is 13.2 Å². The SMILES string of the molecule is CC(C)[C@@H](NC(=O)OC(C)(C)C)C(=O)O[C@@H](C(=O)N[C@@H](C(C)C)C12COC(C)(OC1)OC2)C(F)(F)F. The molecule has 36 heavy (non-hydrogen) atoms. The van der Waals surface area contributed by atoms with Crippen LogP contribution in [0.2, 0.25) is 0 Å². The van der Waals surface area contributed by atoms with Crippen molar-refractivity contribution in [1.29, 1.82) is 0 Å². The number of nitrogens with one attached hydrogen (secondary N) is 2. The number of ether oxygens (including phenoxy) is 5. The van der Waals surface area contributed by atoms with Crippen LogP contribution >= 0.6 is 0 Å². The maximum Gasteiger partial charge on any atom is 0.434 e. The van der Waals surface area contributed by atoms with Gasteiger partial charge in [-0.3, -0.25) is 4.79 Å². The van der Waals surface area contributed by atoms with Gasteiger partial charge in [0.2, 0.25) is 0 Å². The molecule has 0 aromatic rings. The molecule has 0 saturated carbocycles. The summed E-state index contributed by atoms with van der Waals surface area (Å²) in [5.74, 6) is -5.20. The molecule has 0 radical (unpaired) electrons. The highest BCUT2D eigenvalue weighted by atomic mass is 19.4. The van der Waals surface area contributed by atoms with E-state index in [0.717, 1.165) is 0 Å². The third-order valence-electron chi connectivity index (χ3n) is 5.85. The molecule has 0 unspecified atom stereocenters. The largest absolute Gasteiger partial charge is 0.444 e. The Morgan fingerprint density at radius 1 is 0.889 bits per heavy atom. The number of fused-ring (bicyclic) bond motifs is 3. The minimum Gasteiger partial charge on any atom is -0.444 e. The van der Waals surface area contributed by atoms with Gasteiger partial charge in [0, 0.05) is 13.0 Å². The number of amides is 2. The number of rotatable bonds is 8. The molecule has 0 aromatic carbocycles. The smallest absolute Gasteiger partial charge is 0.434 e. The second-order valence-electron chi connectivity index (χ2n) is 11.0. The molecule has 13 heteroatoms. The Labute approximate surface area is 208 Å². The lowest BCUT2D eigenvalue weighted by molar-refractivity contribution is -0.463. The van der Waals surface area contributed by atoms with Crippen molar-refractivity contribution in [3.8, 4) is 0 Å². The molecule has 2 amide bonds. The molecule has 3 heterocycles. The third kappa shape index (κ3) is 7.45. The van der Waals surface area contributed by atoms with E-state index in [1.807, 2.05) is 0 Å². The molecule has 0 spiro atoms. The maximum atomic E-state index is 13.9. The minimum absolute atomic E-state index is 0.0956. The molecule has 3 rings (SSSR count). The van der Waals surface area contributed by atoms with Crippen molar-refractivity contribution < 1.29 is 51.2 Å². The molecule has 10 nitrogen and oxygen atoms in total. The lowest BCUT2D eigenvalue weighted by atomic mass is 9.75. The Bertz CT molecular complexity index is 801. The van der Waals surface area contributed by atoms with Crippen molar-refractivity contribution >= 4 is 18.0 Å². The first-order chi connectivity index (χ1) is 16.3. The topological polar surface area (TPSA) is 121 Å². The predicted molar refractivity (Wildman–Crippen MR) is 119 cm³/mol. The zero-order valence-corrected chi connectivity index (χ0v) is 21.9. The molecular formula is C23H37F3N2O8. The van der Waals surface area contributed by atoms with E-state index in [2.05, 4.69) is 15.4 Å². The summed E-state index contributed by atoms with van der Waals surface area (Å²) in [5, 5.41) is 4.60. The number of alkyl carbamates (subject to hydrolysis) is 1. The van der Waals surface area contributed by atoms with Gasteiger partial charge in [0.15, 0.2) is 0 Å². The van der Waals surface area contributed by atoms with Crippen LogP contribution in [0.25, 0.3) is 0 Å². The van der Waals surface area contributed by atoms with Crippen LogP contribution in [0, 0.1) is 17.3 Å². The van der Waals surface area contributed by atoms with Gasteiger partial charge in [0.1, 0.15) is 11.6 Å². The number of carbonyl (C=O) groups excluding carboxylic acids is 3. The number of halogens is 3. The predicted octanol–water partition coefficient (Wildman–Crippen LogP) is 2.89. The summed E-state index contributed by atoms with van der Waals surface area (Å²) >= 11 is 0. The standard InChI is InChI=1S/C23H37F3N2O8/c1-12(2)14(27-19(31)36-20(5,6)7)18(30)35-16(23(24,25)26)17(29)28-15(13(3)4)22-9-32-21(8,33-10-22)34-11-22/h12-16H,9-11H2,1-8H3,(H,27,31)(H,28,29)/t14-,15+,16+,21?,22?/m1/s1. The van der Waals surface area contributed by atoms with E-state index >= 15 is 0 Å². The van der Waals surface area contributed by atoms with E-state index in [1.54, 1.807) is 41.5 Å².